The zero-order valence-electron chi connectivity index (χ0n) is 10.5. The summed E-state index contributed by atoms with van der Waals surface area (Å²) in [6.45, 7) is 5.83. The Morgan fingerprint density at radius 3 is 2.72 bits per heavy atom. The summed E-state index contributed by atoms with van der Waals surface area (Å²) >= 11 is 1.33. The number of hydrogen-bond donors (Lipinski definition) is 1. The molecule has 0 atom stereocenters. The minimum Gasteiger partial charge on any atom is -0.439 e. The van der Waals surface area contributed by atoms with Gasteiger partial charge >= 0.3 is 0 Å². The average molecular weight is 264 g/mol. The summed E-state index contributed by atoms with van der Waals surface area (Å²) in [5.74, 6) is 0. The number of nitrogens with one attached hydrogen (secondary N) is 1. The first-order chi connectivity index (χ1) is 8.78. The van der Waals surface area contributed by atoms with Gasteiger partial charge in [0.1, 0.15) is 6.26 Å². The second kappa shape index (κ2) is 6.51. The highest BCUT2D eigenvalue weighted by Gasteiger charge is 2.06. The van der Waals surface area contributed by atoms with Crippen LogP contribution in [0.5, 0.6) is 0 Å². The Hall–Kier alpha value is -1.40. The lowest BCUT2D eigenvalue weighted by Gasteiger charge is -2.02. The highest BCUT2D eigenvalue weighted by atomic mass is 32.2. The molecule has 0 saturated carbocycles. The van der Waals surface area contributed by atoms with Crippen molar-refractivity contribution in [2.24, 2.45) is 0 Å². The molecule has 0 fully saturated rings. The van der Waals surface area contributed by atoms with Crippen molar-refractivity contribution in [1.82, 2.24) is 20.3 Å². The smallest absolute Gasteiger partial charge is 0.263 e. The van der Waals surface area contributed by atoms with E-state index in [2.05, 4.69) is 27.2 Å². The molecule has 2 heterocycles. The van der Waals surface area contributed by atoms with Gasteiger partial charge in [-0.1, -0.05) is 6.92 Å². The van der Waals surface area contributed by atoms with Crippen LogP contribution in [0.2, 0.25) is 0 Å². The van der Waals surface area contributed by atoms with Gasteiger partial charge in [0.2, 0.25) is 0 Å². The predicted octanol–water partition coefficient (Wildman–Crippen LogP) is 2.42. The summed E-state index contributed by atoms with van der Waals surface area (Å²) in [6.07, 6.45) is 6.39. The topological polar surface area (TPSA) is 63.8 Å². The van der Waals surface area contributed by atoms with Gasteiger partial charge in [-0.15, -0.1) is 0 Å². The quantitative estimate of drug-likeness (QED) is 0.638. The van der Waals surface area contributed by atoms with Crippen LogP contribution in [-0.4, -0.2) is 21.5 Å². The van der Waals surface area contributed by atoms with E-state index in [-0.39, 0.29) is 0 Å². The Kier molecular flexibility index (Phi) is 4.72. The van der Waals surface area contributed by atoms with E-state index in [1.807, 2.05) is 19.3 Å². The second-order valence-corrected chi connectivity index (χ2v) is 4.83. The molecule has 0 aliphatic carbocycles. The van der Waals surface area contributed by atoms with Crippen LogP contribution in [0.1, 0.15) is 24.6 Å². The Morgan fingerprint density at radius 1 is 1.33 bits per heavy atom. The Balaban J connectivity index is 1.91. The van der Waals surface area contributed by atoms with Crippen LogP contribution < -0.4 is 5.32 Å². The largest absolute Gasteiger partial charge is 0.439 e. The van der Waals surface area contributed by atoms with Gasteiger partial charge in [0.15, 0.2) is 5.16 Å². The molecule has 0 aromatic carbocycles. The molecule has 96 valence electrons. The van der Waals surface area contributed by atoms with Crippen molar-refractivity contribution < 1.29 is 4.42 Å². The van der Waals surface area contributed by atoms with Crippen molar-refractivity contribution in [2.75, 3.05) is 6.54 Å². The van der Waals surface area contributed by atoms with Crippen molar-refractivity contribution in [3.63, 3.8) is 0 Å². The number of oxazole rings is 1. The van der Waals surface area contributed by atoms with E-state index in [0.717, 1.165) is 30.8 Å². The molecule has 6 heteroatoms. The average Bonchev–Trinajstić information content (AvgIpc) is 2.77. The molecule has 0 amide bonds. The first-order valence-electron chi connectivity index (χ1n) is 5.89. The number of rotatable bonds is 6. The highest BCUT2D eigenvalue weighted by molar-refractivity contribution is 7.98. The maximum absolute atomic E-state index is 5.24. The Morgan fingerprint density at radius 2 is 2.11 bits per heavy atom. The van der Waals surface area contributed by atoms with Gasteiger partial charge in [-0.3, -0.25) is 0 Å². The van der Waals surface area contributed by atoms with E-state index in [1.165, 1.54) is 11.8 Å². The molecule has 0 aliphatic heterocycles. The van der Waals surface area contributed by atoms with E-state index in [0.29, 0.717) is 10.4 Å². The van der Waals surface area contributed by atoms with Crippen LogP contribution in [0.25, 0.3) is 0 Å². The summed E-state index contributed by atoms with van der Waals surface area (Å²) in [5.41, 5.74) is 1.94. The minimum absolute atomic E-state index is 0.573. The van der Waals surface area contributed by atoms with Gasteiger partial charge in [0.05, 0.1) is 5.69 Å². The first kappa shape index (κ1) is 13.0. The van der Waals surface area contributed by atoms with E-state index in [9.17, 15) is 0 Å². The lowest BCUT2D eigenvalue weighted by molar-refractivity contribution is 0.453. The number of nitrogens with zero attached hydrogens (tertiary/aromatic N) is 3. The summed E-state index contributed by atoms with van der Waals surface area (Å²) in [7, 11) is 0. The predicted molar refractivity (Wildman–Crippen MR) is 69.4 cm³/mol. The van der Waals surface area contributed by atoms with Gasteiger partial charge in [-0.25, -0.2) is 15.0 Å². The van der Waals surface area contributed by atoms with Crippen LogP contribution in [0.4, 0.5) is 0 Å². The zero-order chi connectivity index (χ0) is 12.8. The van der Waals surface area contributed by atoms with Gasteiger partial charge in [-0.2, -0.15) is 0 Å². The fourth-order valence-electron chi connectivity index (χ4n) is 1.35. The van der Waals surface area contributed by atoms with Crippen LogP contribution >= 0.6 is 11.8 Å². The van der Waals surface area contributed by atoms with Crippen LogP contribution in [0.3, 0.4) is 0 Å². The van der Waals surface area contributed by atoms with Gasteiger partial charge < -0.3 is 9.73 Å². The molecule has 0 aliphatic rings. The molecule has 0 unspecified atom stereocenters. The molecule has 0 spiro atoms. The van der Waals surface area contributed by atoms with Gasteiger partial charge in [0, 0.05) is 36.3 Å². The van der Waals surface area contributed by atoms with Gasteiger partial charge in [0.25, 0.3) is 5.22 Å². The minimum atomic E-state index is 0.573. The Bertz CT molecular complexity index is 483. The monoisotopic (exact) mass is 264 g/mol. The van der Waals surface area contributed by atoms with E-state index >= 15 is 0 Å². The van der Waals surface area contributed by atoms with E-state index < -0.39 is 0 Å². The zero-order valence-corrected chi connectivity index (χ0v) is 11.3. The lowest BCUT2D eigenvalue weighted by atomic mass is 10.3. The van der Waals surface area contributed by atoms with Crippen LogP contribution in [0.15, 0.2) is 33.5 Å². The van der Waals surface area contributed by atoms with Crippen molar-refractivity contribution in [2.45, 2.75) is 37.2 Å². The third kappa shape index (κ3) is 3.82. The maximum atomic E-state index is 5.24. The molecule has 1 N–H and O–H groups in total. The fourth-order valence-corrected chi connectivity index (χ4v) is 2.01. The van der Waals surface area contributed by atoms with Crippen LogP contribution in [0, 0.1) is 6.92 Å². The highest BCUT2D eigenvalue weighted by Crippen LogP contribution is 2.22. The van der Waals surface area contributed by atoms with Gasteiger partial charge in [-0.05, 0) is 19.9 Å². The van der Waals surface area contributed by atoms with E-state index in [1.54, 1.807) is 6.26 Å². The molecule has 0 bridgehead atoms. The molecule has 2 rings (SSSR count). The number of aromatic nitrogens is 3. The second-order valence-electron chi connectivity index (χ2n) is 3.91. The summed E-state index contributed by atoms with van der Waals surface area (Å²) < 4.78 is 5.24. The molecule has 5 nitrogen and oxygen atoms in total. The molecule has 18 heavy (non-hydrogen) atoms. The van der Waals surface area contributed by atoms with Crippen molar-refractivity contribution >= 4 is 11.8 Å². The summed E-state index contributed by atoms with van der Waals surface area (Å²) in [5, 5.41) is 4.53. The van der Waals surface area contributed by atoms with Crippen LogP contribution in [-0.2, 0) is 6.54 Å². The van der Waals surface area contributed by atoms with E-state index in [4.69, 9.17) is 4.42 Å². The Labute approximate surface area is 110 Å². The summed E-state index contributed by atoms with van der Waals surface area (Å²) in [4.78, 5) is 12.7. The molecule has 0 saturated heterocycles. The third-order valence-corrected chi connectivity index (χ3v) is 2.97. The third-order valence-electron chi connectivity index (χ3n) is 2.21. The first-order valence-corrected chi connectivity index (χ1v) is 6.71. The summed E-state index contributed by atoms with van der Waals surface area (Å²) in [6, 6.07) is 0. The van der Waals surface area contributed by atoms with Crippen molar-refractivity contribution in [3.8, 4) is 0 Å². The molecular formula is C12H16N4OS. The van der Waals surface area contributed by atoms with Crippen molar-refractivity contribution in [1.29, 1.82) is 0 Å². The SMILES string of the molecule is CCCNCc1cnc(Sc2nc(C)co2)nc1. The standard InChI is InChI=1S/C12H16N4OS/c1-3-4-13-5-10-6-14-11(15-7-10)18-12-16-9(2)8-17-12/h6-8,13H,3-5H2,1-2H3. The number of hydrogen-bond acceptors (Lipinski definition) is 6. The lowest BCUT2D eigenvalue weighted by Crippen LogP contribution is -2.14. The maximum Gasteiger partial charge on any atom is 0.263 e. The molecule has 2 aromatic rings. The fraction of sp³-hybridized carbons (Fsp3) is 0.417. The number of aryl methyl sites for hydroxylation is 1. The molecular weight excluding hydrogens is 248 g/mol. The van der Waals surface area contributed by atoms with Crippen molar-refractivity contribution in [3.05, 3.63) is 29.9 Å². The normalized spacial score (nSPS) is 10.8. The molecule has 0 radical (unpaired) electrons. The molecule has 2 aromatic heterocycles.